The largest absolute Gasteiger partial charge is 0.457 e. The van der Waals surface area contributed by atoms with Crippen LogP contribution in [0.25, 0.3) is 0 Å². The quantitative estimate of drug-likeness (QED) is 0.600. The molecule has 5 heteroatoms. The number of aromatic nitrogens is 1. The molecule has 1 heterocycles. The van der Waals surface area contributed by atoms with E-state index in [2.05, 4.69) is 0 Å². The highest BCUT2D eigenvalue weighted by Gasteiger charge is 2.46. The second-order valence-corrected chi connectivity index (χ2v) is 7.11. The lowest BCUT2D eigenvalue weighted by molar-refractivity contribution is -0.149. The molecule has 0 N–H and O–H groups in total. The highest BCUT2D eigenvalue weighted by Crippen LogP contribution is 2.43. The highest BCUT2D eigenvalue weighted by molar-refractivity contribution is 5.99. The molecule has 1 aliphatic rings. The van der Waals surface area contributed by atoms with E-state index >= 15 is 0 Å². The van der Waals surface area contributed by atoms with Crippen molar-refractivity contribution in [1.82, 2.24) is 4.57 Å². The molecule has 138 valence electrons. The summed E-state index contributed by atoms with van der Waals surface area (Å²) in [7, 11) is 1.89. The van der Waals surface area contributed by atoms with Gasteiger partial charge < -0.3 is 9.30 Å². The molecule has 2 aromatic rings. The zero-order chi connectivity index (χ0) is 18.9. The second-order valence-electron chi connectivity index (χ2n) is 7.11. The van der Waals surface area contributed by atoms with Gasteiger partial charge in [-0.2, -0.15) is 0 Å². The predicted octanol–water partition coefficient (Wildman–Crippen LogP) is 4.02. The lowest BCUT2D eigenvalue weighted by Crippen LogP contribution is -2.36. The van der Waals surface area contributed by atoms with Crippen molar-refractivity contribution in [1.29, 1.82) is 0 Å². The van der Waals surface area contributed by atoms with Crippen LogP contribution < -0.4 is 0 Å². The molecule has 0 aliphatic heterocycles. The number of aryl methyl sites for hydroxylation is 1. The van der Waals surface area contributed by atoms with Gasteiger partial charge >= 0.3 is 5.97 Å². The standard InChI is InChI=1S/C21H24FNO3/c1-14-12-16(15(2)23(14)3)19(24)13-26-20(25)21(10-6-7-11-21)17-8-4-5-9-18(17)22/h4-5,8-9,12H,6-7,10-11,13H2,1-3H3. The molecule has 0 amide bonds. The first kappa shape index (κ1) is 18.4. The molecule has 26 heavy (non-hydrogen) atoms. The van der Waals surface area contributed by atoms with Gasteiger partial charge in [0.2, 0.25) is 5.78 Å². The van der Waals surface area contributed by atoms with E-state index in [-0.39, 0.29) is 12.4 Å². The van der Waals surface area contributed by atoms with Crippen LogP contribution in [-0.4, -0.2) is 22.9 Å². The SMILES string of the molecule is Cc1cc(C(=O)COC(=O)C2(c3ccccc3F)CCCC2)c(C)n1C. The van der Waals surface area contributed by atoms with Crippen molar-refractivity contribution in [3.05, 3.63) is 58.7 Å². The van der Waals surface area contributed by atoms with Gasteiger partial charge in [0.25, 0.3) is 0 Å². The number of Topliss-reactive ketones (excluding diaryl/α,β-unsaturated/α-hetero) is 1. The van der Waals surface area contributed by atoms with E-state index in [4.69, 9.17) is 4.74 Å². The number of hydrogen-bond acceptors (Lipinski definition) is 3. The molecule has 0 unspecified atom stereocenters. The summed E-state index contributed by atoms with van der Waals surface area (Å²) in [5, 5.41) is 0. The van der Waals surface area contributed by atoms with Crippen LogP contribution in [-0.2, 0) is 22.0 Å². The molecule has 0 bridgehead atoms. The minimum absolute atomic E-state index is 0.235. The zero-order valence-corrected chi connectivity index (χ0v) is 15.5. The fourth-order valence-corrected chi connectivity index (χ4v) is 3.90. The maximum absolute atomic E-state index is 14.3. The Morgan fingerprint density at radius 1 is 1.19 bits per heavy atom. The number of carbonyl (C=O) groups is 2. The average Bonchev–Trinajstić information content (AvgIpc) is 3.22. The Morgan fingerprint density at radius 2 is 1.85 bits per heavy atom. The summed E-state index contributed by atoms with van der Waals surface area (Å²) in [4.78, 5) is 25.4. The molecular weight excluding hydrogens is 333 g/mol. The van der Waals surface area contributed by atoms with Crippen LogP contribution in [0.2, 0.25) is 0 Å². The Hall–Kier alpha value is -2.43. The molecule has 1 aromatic carbocycles. The van der Waals surface area contributed by atoms with Crippen LogP contribution in [0.15, 0.2) is 30.3 Å². The Balaban J connectivity index is 1.78. The van der Waals surface area contributed by atoms with E-state index in [0.717, 1.165) is 24.2 Å². The molecule has 0 atom stereocenters. The molecule has 3 rings (SSSR count). The van der Waals surface area contributed by atoms with Crippen molar-refractivity contribution in [2.45, 2.75) is 44.9 Å². The first-order valence-corrected chi connectivity index (χ1v) is 8.95. The Bertz CT molecular complexity index is 847. The van der Waals surface area contributed by atoms with Gasteiger partial charge in [-0.1, -0.05) is 31.0 Å². The fraction of sp³-hybridized carbons (Fsp3) is 0.429. The van der Waals surface area contributed by atoms with E-state index < -0.39 is 17.2 Å². The van der Waals surface area contributed by atoms with Gasteiger partial charge in [0.1, 0.15) is 5.82 Å². The number of rotatable bonds is 5. The molecular formula is C21H24FNO3. The Labute approximate surface area is 153 Å². The minimum Gasteiger partial charge on any atom is -0.457 e. The second kappa shape index (κ2) is 7.06. The van der Waals surface area contributed by atoms with Crippen LogP contribution >= 0.6 is 0 Å². The lowest BCUT2D eigenvalue weighted by Gasteiger charge is -2.27. The van der Waals surface area contributed by atoms with Crippen molar-refractivity contribution < 1.29 is 18.7 Å². The number of nitrogens with zero attached hydrogens (tertiary/aromatic N) is 1. The molecule has 1 aliphatic carbocycles. The van der Waals surface area contributed by atoms with Gasteiger partial charge in [0.05, 0.1) is 5.41 Å². The summed E-state index contributed by atoms with van der Waals surface area (Å²) in [6.45, 7) is 3.46. The molecule has 1 fully saturated rings. The van der Waals surface area contributed by atoms with Gasteiger partial charge in [0, 0.05) is 29.6 Å². The van der Waals surface area contributed by atoms with Crippen molar-refractivity contribution in [2.24, 2.45) is 7.05 Å². The van der Waals surface area contributed by atoms with Crippen LogP contribution in [0, 0.1) is 19.7 Å². The van der Waals surface area contributed by atoms with Crippen molar-refractivity contribution in [3.8, 4) is 0 Å². The summed E-state index contributed by atoms with van der Waals surface area (Å²) in [6, 6.07) is 8.15. The first-order valence-electron chi connectivity index (χ1n) is 8.95. The van der Waals surface area contributed by atoms with E-state index in [1.807, 2.05) is 25.5 Å². The Morgan fingerprint density at radius 3 is 2.42 bits per heavy atom. The van der Waals surface area contributed by atoms with Gasteiger partial charge in [-0.15, -0.1) is 0 Å². The topological polar surface area (TPSA) is 48.3 Å². The molecule has 1 saturated carbocycles. The van der Waals surface area contributed by atoms with Gasteiger partial charge in [-0.25, -0.2) is 4.39 Å². The normalized spacial score (nSPS) is 15.8. The molecule has 1 aromatic heterocycles. The summed E-state index contributed by atoms with van der Waals surface area (Å²) < 4.78 is 21.7. The van der Waals surface area contributed by atoms with Gasteiger partial charge in [0.15, 0.2) is 6.61 Å². The maximum Gasteiger partial charge on any atom is 0.317 e. The number of benzene rings is 1. The van der Waals surface area contributed by atoms with Gasteiger partial charge in [-0.3, -0.25) is 9.59 Å². The van der Waals surface area contributed by atoms with Gasteiger partial charge in [-0.05, 0) is 38.8 Å². The summed E-state index contributed by atoms with van der Waals surface area (Å²) >= 11 is 0. The number of carbonyl (C=O) groups excluding carboxylic acids is 2. The van der Waals surface area contributed by atoms with E-state index in [9.17, 15) is 14.0 Å². The lowest BCUT2D eigenvalue weighted by atomic mass is 9.78. The average molecular weight is 357 g/mol. The van der Waals surface area contributed by atoms with Crippen molar-refractivity contribution in [3.63, 3.8) is 0 Å². The minimum atomic E-state index is -0.979. The molecule has 0 radical (unpaired) electrons. The number of ether oxygens (including phenoxy) is 1. The van der Waals surface area contributed by atoms with Crippen LogP contribution in [0.5, 0.6) is 0 Å². The monoisotopic (exact) mass is 357 g/mol. The van der Waals surface area contributed by atoms with E-state index in [1.165, 1.54) is 6.07 Å². The van der Waals surface area contributed by atoms with E-state index in [1.54, 1.807) is 24.3 Å². The smallest absolute Gasteiger partial charge is 0.317 e. The maximum atomic E-state index is 14.3. The molecule has 4 nitrogen and oxygen atoms in total. The van der Waals surface area contributed by atoms with Crippen LogP contribution in [0.3, 0.4) is 0 Å². The molecule has 0 saturated heterocycles. The summed E-state index contributed by atoms with van der Waals surface area (Å²) in [5.41, 5.74) is 1.77. The van der Waals surface area contributed by atoms with Crippen LogP contribution in [0.4, 0.5) is 4.39 Å². The van der Waals surface area contributed by atoms with Crippen molar-refractivity contribution in [2.75, 3.05) is 6.61 Å². The highest BCUT2D eigenvalue weighted by atomic mass is 19.1. The third kappa shape index (κ3) is 3.06. The van der Waals surface area contributed by atoms with Crippen molar-refractivity contribution >= 4 is 11.8 Å². The predicted molar refractivity (Wildman–Crippen MR) is 96.7 cm³/mol. The third-order valence-corrected chi connectivity index (χ3v) is 5.65. The van der Waals surface area contributed by atoms with E-state index in [0.29, 0.717) is 24.0 Å². The Kier molecular flexibility index (Phi) is 4.99. The number of halogens is 1. The zero-order valence-electron chi connectivity index (χ0n) is 15.5. The first-order chi connectivity index (χ1) is 12.4. The third-order valence-electron chi connectivity index (χ3n) is 5.65. The number of esters is 1. The van der Waals surface area contributed by atoms with Crippen LogP contribution in [0.1, 0.15) is 53.0 Å². The number of hydrogen-bond donors (Lipinski definition) is 0. The summed E-state index contributed by atoms with van der Waals surface area (Å²) in [5.74, 6) is -1.13. The number of ketones is 1. The fourth-order valence-electron chi connectivity index (χ4n) is 3.90. The molecule has 0 spiro atoms. The summed E-state index contributed by atoms with van der Waals surface area (Å²) in [6.07, 6.45) is 2.78.